The number of hydrogen-bond donors (Lipinski definition) is 3. The van der Waals surface area contributed by atoms with E-state index in [1.165, 1.54) is 6.26 Å². The summed E-state index contributed by atoms with van der Waals surface area (Å²) >= 11 is 0. The summed E-state index contributed by atoms with van der Waals surface area (Å²) in [6.45, 7) is 6.82. The molecule has 1 unspecified atom stereocenters. The SMILES string of the molecule is CCNC(C)c1cccc(NC(=O)Nc2nc(C)co2)c1. The van der Waals surface area contributed by atoms with Crippen molar-refractivity contribution in [1.82, 2.24) is 10.3 Å². The Balaban J connectivity index is 1.99. The molecule has 21 heavy (non-hydrogen) atoms. The van der Waals surface area contributed by atoms with Crippen LogP contribution in [0.2, 0.25) is 0 Å². The second-order valence-corrected chi connectivity index (χ2v) is 4.78. The average molecular weight is 288 g/mol. The molecular formula is C15H20N4O2. The van der Waals surface area contributed by atoms with E-state index in [0.29, 0.717) is 5.69 Å². The summed E-state index contributed by atoms with van der Waals surface area (Å²) in [4.78, 5) is 15.9. The zero-order valence-electron chi connectivity index (χ0n) is 12.4. The van der Waals surface area contributed by atoms with Crippen molar-refractivity contribution >= 4 is 17.7 Å². The Labute approximate surface area is 124 Å². The van der Waals surface area contributed by atoms with Gasteiger partial charge in [-0.1, -0.05) is 19.1 Å². The van der Waals surface area contributed by atoms with Crippen LogP contribution in [0.25, 0.3) is 0 Å². The van der Waals surface area contributed by atoms with Gasteiger partial charge < -0.3 is 15.1 Å². The molecule has 2 aromatic rings. The van der Waals surface area contributed by atoms with E-state index >= 15 is 0 Å². The molecule has 0 aliphatic rings. The van der Waals surface area contributed by atoms with E-state index in [9.17, 15) is 4.79 Å². The van der Waals surface area contributed by atoms with Crippen molar-refractivity contribution in [2.24, 2.45) is 0 Å². The second kappa shape index (κ2) is 6.90. The lowest BCUT2D eigenvalue weighted by molar-refractivity contribution is 0.261. The molecule has 1 atom stereocenters. The standard InChI is InChI=1S/C15H20N4O2/c1-4-16-11(3)12-6-5-7-13(8-12)18-14(20)19-15-17-10(2)9-21-15/h5-9,11,16H,4H2,1-3H3,(H2,17,18,19,20). The van der Waals surface area contributed by atoms with Gasteiger partial charge in [0.15, 0.2) is 0 Å². The van der Waals surface area contributed by atoms with E-state index in [-0.39, 0.29) is 18.1 Å². The molecule has 0 fully saturated rings. The number of aromatic nitrogens is 1. The van der Waals surface area contributed by atoms with Gasteiger partial charge in [-0.2, -0.15) is 4.98 Å². The van der Waals surface area contributed by atoms with Crippen molar-refractivity contribution in [3.63, 3.8) is 0 Å². The van der Waals surface area contributed by atoms with Crippen molar-refractivity contribution < 1.29 is 9.21 Å². The molecule has 1 aromatic carbocycles. The molecule has 1 heterocycles. The maximum absolute atomic E-state index is 11.9. The quantitative estimate of drug-likeness (QED) is 0.788. The lowest BCUT2D eigenvalue weighted by atomic mass is 10.1. The molecule has 0 radical (unpaired) electrons. The highest BCUT2D eigenvalue weighted by Gasteiger charge is 2.08. The zero-order valence-corrected chi connectivity index (χ0v) is 12.4. The first kappa shape index (κ1) is 15.1. The Hall–Kier alpha value is -2.34. The van der Waals surface area contributed by atoms with Gasteiger partial charge in [0.2, 0.25) is 0 Å². The molecular weight excluding hydrogens is 268 g/mol. The van der Waals surface area contributed by atoms with Gasteiger partial charge in [0, 0.05) is 11.7 Å². The van der Waals surface area contributed by atoms with Gasteiger partial charge in [-0.25, -0.2) is 4.79 Å². The minimum atomic E-state index is -0.384. The second-order valence-electron chi connectivity index (χ2n) is 4.78. The maximum Gasteiger partial charge on any atom is 0.327 e. The van der Waals surface area contributed by atoms with Crippen LogP contribution in [0.1, 0.15) is 31.1 Å². The number of rotatable bonds is 5. The van der Waals surface area contributed by atoms with Crippen LogP contribution >= 0.6 is 0 Å². The minimum absolute atomic E-state index is 0.183. The van der Waals surface area contributed by atoms with Gasteiger partial charge in [0.05, 0.1) is 5.69 Å². The highest BCUT2D eigenvalue weighted by atomic mass is 16.4. The molecule has 1 aromatic heterocycles. The summed E-state index contributed by atoms with van der Waals surface area (Å²) in [5, 5.41) is 8.63. The summed E-state index contributed by atoms with van der Waals surface area (Å²) < 4.78 is 5.07. The Morgan fingerprint density at radius 2 is 2.19 bits per heavy atom. The number of carbonyl (C=O) groups excluding carboxylic acids is 1. The van der Waals surface area contributed by atoms with E-state index < -0.39 is 0 Å². The summed E-state index contributed by atoms with van der Waals surface area (Å²) in [7, 11) is 0. The monoisotopic (exact) mass is 288 g/mol. The zero-order chi connectivity index (χ0) is 15.2. The summed E-state index contributed by atoms with van der Waals surface area (Å²) in [6.07, 6.45) is 1.48. The van der Waals surface area contributed by atoms with Crippen LogP contribution in [0.5, 0.6) is 0 Å². The third-order valence-electron chi connectivity index (χ3n) is 2.99. The molecule has 6 nitrogen and oxygen atoms in total. The number of anilines is 2. The summed E-state index contributed by atoms with van der Waals surface area (Å²) in [6, 6.07) is 7.74. The number of carbonyl (C=O) groups is 1. The third kappa shape index (κ3) is 4.32. The van der Waals surface area contributed by atoms with Crippen molar-refractivity contribution in [1.29, 1.82) is 0 Å². The van der Waals surface area contributed by atoms with E-state index in [1.807, 2.05) is 24.3 Å². The van der Waals surface area contributed by atoms with E-state index in [0.717, 1.165) is 17.8 Å². The Kier molecular flexibility index (Phi) is 4.94. The number of urea groups is 1. The number of benzene rings is 1. The Bertz CT molecular complexity index is 609. The normalized spacial score (nSPS) is 12.0. The van der Waals surface area contributed by atoms with Crippen LogP contribution in [0.4, 0.5) is 16.5 Å². The fourth-order valence-electron chi connectivity index (χ4n) is 1.98. The van der Waals surface area contributed by atoms with Crippen LogP contribution in [-0.2, 0) is 0 Å². The molecule has 0 saturated heterocycles. The molecule has 6 heteroatoms. The van der Waals surface area contributed by atoms with Gasteiger partial charge in [-0.15, -0.1) is 0 Å². The minimum Gasteiger partial charge on any atom is -0.432 e. The smallest absolute Gasteiger partial charge is 0.327 e. The molecule has 0 bridgehead atoms. The first-order valence-corrected chi connectivity index (χ1v) is 6.92. The summed E-state index contributed by atoms with van der Waals surface area (Å²) in [5.74, 6) is 0. The first-order chi connectivity index (χ1) is 10.1. The lowest BCUT2D eigenvalue weighted by Gasteiger charge is -2.14. The van der Waals surface area contributed by atoms with Crippen LogP contribution in [0.3, 0.4) is 0 Å². The molecule has 0 aliphatic heterocycles. The van der Waals surface area contributed by atoms with E-state index in [2.05, 4.69) is 34.8 Å². The van der Waals surface area contributed by atoms with E-state index in [1.54, 1.807) is 6.92 Å². The predicted octanol–water partition coefficient (Wildman–Crippen LogP) is 3.30. The molecule has 0 aliphatic carbocycles. The lowest BCUT2D eigenvalue weighted by Crippen LogP contribution is -2.20. The number of oxazole rings is 1. The van der Waals surface area contributed by atoms with E-state index in [4.69, 9.17) is 4.42 Å². The highest BCUT2D eigenvalue weighted by Crippen LogP contribution is 2.17. The molecule has 0 saturated carbocycles. The molecule has 3 N–H and O–H groups in total. The Morgan fingerprint density at radius 1 is 1.38 bits per heavy atom. The average Bonchev–Trinajstić information content (AvgIpc) is 2.84. The van der Waals surface area contributed by atoms with Gasteiger partial charge in [-0.3, -0.25) is 5.32 Å². The van der Waals surface area contributed by atoms with Gasteiger partial charge in [0.25, 0.3) is 0 Å². The van der Waals surface area contributed by atoms with Crippen molar-refractivity contribution in [2.45, 2.75) is 26.8 Å². The van der Waals surface area contributed by atoms with Crippen molar-refractivity contribution in [2.75, 3.05) is 17.2 Å². The van der Waals surface area contributed by atoms with Gasteiger partial charge in [-0.05, 0) is 38.1 Å². The number of amides is 2. The van der Waals surface area contributed by atoms with Crippen LogP contribution in [0, 0.1) is 6.92 Å². The first-order valence-electron chi connectivity index (χ1n) is 6.92. The van der Waals surface area contributed by atoms with Crippen LogP contribution < -0.4 is 16.0 Å². The number of nitrogens with zero attached hydrogens (tertiary/aromatic N) is 1. The number of hydrogen-bond acceptors (Lipinski definition) is 4. The van der Waals surface area contributed by atoms with Crippen LogP contribution in [0.15, 0.2) is 34.9 Å². The fraction of sp³-hybridized carbons (Fsp3) is 0.333. The molecule has 2 rings (SSSR count). The van der Waals surface area contributed by atoms with Crippen LogP contribution in [-0.4, -0.2) is 17.6 Å². The fourth-order valence-corrected chi connectivity index (χ4v) is 1.98. The van der Waals surface area contributed by atoms with Gasteiger partial charge >= 0.3 is 12.0 Å². The number of aryl methyl sites for hydroxylation is 1. The predicted molar refractivity (Wildman–Crippen MR) is 82.4 cm³/mol. The molecule has 112 valence electrons. The Morgan fingerprint density at radius 3 is 2.86 bits per heavy atom. The topological polar surface area (TPSA) is 79.2 Å². The van der Waals surface area contributed by atoms with Crippen molar-refractivity contribution in [3.05, 3.63) is 41.8 Å². The number of nitrogens with one attached hydrogen (secondary N) is 3. The molecule has 0 spiro atoms. The highest BCUT2D eigenvalue weighted by molar-refractivity contribution is 5.98. The maximum atomic E-state index is 11.9. The largest absolute Gasteiger partial charge is 0.432 e. The van der Waals surface area contributed by atoms with Crippen molar-refractivity contribution in [3.8, 4) is 0 Å². The van der Waals surface area contributed by atoms with Gasteiger partial charge in [0.1, 0.15) is 6.26 Å². The third-order valence-corrected chi connectivity index (χ3v) is 2.99. The molecule has 2 amide bonds. The summed E-state index contributed by atoms with van der Waals surface area (Å²) in [5.41, 5.74) is 2.55.